The number of ether oxygens (including phenoxy) is 2. The number of methoxy groups -OCH3 is 2. The maximum absolute atomic E-state index is 10.8. The van der Waals surface area contributed by atoms with Crippen LogP contribution in [0.3, 0.4) is 0 Å². The van der Waals surface area contributed by atoms with Crippen LogP contribution in [0, 0.1) is 6.92 Å². The second kappa shape index (κ2) is 4.50. The Labute approximate surface area is 82.8 Å². The highest BCUT2D eigenvalue weighted by Gasteiger charge is 2.10. The lowest BCUT2D eigenvalue weighted by atomic mass is 10.2. The Bertz CT molecular complexity index is 314. The van der Waals surface area contributed by atoms with Crippen molar-refractivity contribution in [2.75, 3.05) is 19.5 Å². The van der Waals surface area contributed by atoms with Crippen LogP contribution in [-0.4, -0.2) is 20.1 Å². The summed E-state index contributed by atoms with van der Waals surface area (Å²) in [5.74, 6) is 0.676. The van der Waals surface area contributed by atoms with Gasteiger partial charge >= 0.3 is 0 Å². The minimum absolute atomic E-state index is 0.409. The second-order valence-corrected chi connectivity index (χ2v) is 2.59. The molecule has 0 bridgehead atoms. The molecule has 0 atom stereocenters. The van der Waals surface area contributed by atoms with Crippen molar-refractivity contribution in [1.29, 1.82) is 0 Å². The van der Waals surface area contributed by atoms with Crippen LogP contribution in [0.2, 0.25) is 0 Å². The smallest absolute Gasteiger partial charge is 0.225 e. The Morgan fingerprint density at radius 3 is 2.14 bits per heavy atom. The van der Waals surface area contributed by atoms with Crippen LogP contribution in [0.4, 0.5) is 5.69 Å². The average Bonchev–Trinajstić information content (AvgIpc) is 2.17. The van der Waals surface area contributed by atoms with E-state index in [-0.39, 0.29) is 0 Å². The lowest BCUT2D eigenvalue weighted by molar-refractivity contribution is -0.112. The summed E-state index contributed by atoms with van der Waals surface area (Å²) in [6, 6.07) is 5.23. The van der Waals surface area contributed by atoms with Crippen LogP contribution < -0.4 is 14.8 Å². The quantitative estimate of drug-likeness (QED) is 0.792. The molecule has 0 unspecified atom stereocenters. The summed E-state index contributed by atoms with van der Waals surface area (Å²) >= 11 is 0. The van der Waals surface area contributed by atoms with Crippen LogP contribution in [0.25, 0.3) is 0 Å². The van der Waals surface area contributed by atoms with Crippen molar-refractivity contribution in [2.45, 2.75) is 0 Å². The number of hydrogen-bond acceptors (Lipinski definition) is 3. The van der Waals surface area contributed by atoms with Crippen LogP contribution >= 0.6 is 0 Å². The van der Waals surface area contributed by atoms with E-state index >= 15 is 0 Å². The van der Waals surface area contributed by atoms with E-state index in [1.54, 1.807) is 18.2 Å². The maximum atomic E-state index is 10.8. The highest BCUT2D eigenvalue weighted by Crippen LogP contribution is 2.33. The van der Waals surface area contributed by atoms with Gasteiger partial charge < -0.3 is 14.8 Å². The van der Waals surface area contributed by atoms with Crippen molar-refractivity contribution in [3.63, 3.8) is 0 Å². The molecule has 0 fully saturated rings. The van der Waals surface area contributed by atoms with E-state index in [9.17, 15) is 4.79 Å². The van der Waals surface area contributed by atoms with Gasteiger partial charge in [0.2, 0.25) is 5.91 Å². The summed E-state index contributed by atoms with van der Waals surface area (Å²) in [5, 5.41) is 2.54. The van der Waals surface area contributed by atoms with E-state index in [0.717, 1.165) is 0 Å². The van der Waals surface area contributed by atoms with Crippen LogP contribution in [0.1, 0.15) is 0 Å². The monoisotopic (exact) mass is 194 g/mol. The molecule has 0 heterocycles. The first kappa shape index (κ1) is 10.4. The van der Waals surface area contributed by atoms with Gasteiger partial charge in [-0.05, 0) is 12.1 Å². The third kappa shape index (κ3) is 2.16. The molecule has 14 heavy (non-hydrogen) atoms. The zero-order valence-corrected chi connectivity index (χ0v) is 8.16. The van der Waals surface area contributed by atoms with Crippen LogP contribution in [-0.2, 0) is 4.79 Å². The minimum Gasteiger partial charge on any atom is -0.494 e. The van der Waals surface area contributed by atoms with Gasteiger partial charge in [-0.3, -0.25) is 4.79 Å². The van der Waals surface area contributed by atoms with Crippen molar-refractivity contribution in [1.82, 2.24) is 0 Å². The normalized spacial score (nSPS) is 9.36. The highest BCUT2D eigenvalue weighted by molar-refractivity contribution is 5.96. The molecule has 1 radical (unpaired) electrons. The van der Waals surface area contributed by atoms with E-state index in [2.05, 4.69) is 12.2 Å². The number of carbonyl (C=O) groups is 1. The second-order valence-electron chi connectivity index (χ2n) is 2.59. The Morgan fingerprint density at radius 1 is 1.29 bits per heavy atom. The van der Waals surface area contributed by atoms with E-state index in [4.69, 9.17) is 9.47 Å². The summed E-state index contributed by atoms with van der Waals surface area (Å²) in [5.41, 5.74) is 0.498. The Balaban J connectivity index is 3.12. The number of benzene rings is 1. The predicted molar refractivity (Wildman–Crippen MR) is 53.5 cm³/mol. The van der Waals surface area contributed by atoms with Crippen LogP contribution in [0.15, 0.2) is 18.2 Å². The zero-order valence-electron chi connectivity index (χ0n) is 8.16. The van der Waals surface area contributed by atoms with Gasteiger partial charge in [0.05, 0.1) is 14.2 Å². The number of amides is 1. The fourth-order valence-corrected chi connectivity index (χ4v) is 1.11. The van der Waals surface area contributed by atoms with Gasteiger partial charge in [-0.1, -0.05) is 6.07 Å². The maximum Gasteiger partial charge on any atom is 0.225 e. The van der Waals surface area contributed by atoms with Gasteiger partial charge in [-0.15, -0.1) is 0 Å². The minimum atomic E-state index is -0.409. The van der Waals surface area contributed by atoms with Gasteiger partial charge in [-0.25, -0.2) is 0 Å². The Hall–Kier alpha value is -1.71. The molecule has 75 valence electrons. The first-order chi connectivity index (χ1) is 6.69. The lowest BCUT2D eigenvalue weighted by Gasteiger charge is -2.12. The molecule has 0 aliphatic rings. The van der Waals surface area contributed by atoms with E-state index < -0.39 is 5.91 Å². The summed E-state index contributed by atoms with van der Waals surface area (Å²) in [6.07, 6.45) is 0. The fraction of sp³-hybridized carbons (Fsp3) is 0.200. The molecule has 0 spiro atoms. The van der Waals surface area contributed by atoms with Gasteiger partial charge in [0.15, 0.2) is 0 Å². The summed E-state index contributed by atoms with van der Waals surface area (Å²) in [4.78, 5) is 10.8. The van der Waals surface area contributed by atoms with Gasteiger partial charge in [0.1, 0.15) is 17.2 Å². The van der Waals surface area contributed by atoms with E-state index in [1.165, 1.54) is 14.2 Å². The molecule has 1 amide bonds. The molecular weight excluding hydrogens is 182 g/mol. The molecule has 0 saturated carbocycles. The first-order valence-electron chi connectivity index (χ1n) is 4.03. The standard InChI is InChI=1S/C10H12NO3/c1-7(12)11-10-8(13-2)5-4-6-9(10)14-3/h4-6H,1H2,2-3H3,(H,11,12). The van der Waals surface area contributed by atoms with Crippen molar-refractivity contribution >= 4 is 11.6 Å². The van der Waals surface area contributed by atoms with Crippen molar-refractivity contribution in [2.24, 2.45) is 0 Å². The number of nitrogens with one attached hydrogen (secondary N) is 1. The molecule has 1 rings (SSSR count). The molecule has 1 aromatic carbocycles. The van der Waals surface area contributed by atoms with Gasteiger partial charge in [0, 0.05) is 6.92 Å². The number of rotatable bonds is 3. The number of para-hydroxylation sites is 1. The molecule has 0 aliphatic carbocycles. The molecule has 4 nitrogen and oxygen atoms in total. The summed E-state index contributed by atoms with van der Waals surface area (Å²) < 4.78 is 10.1. The first-order valence-corrected chi connectivity index (χ1v) is 4.03. The topological polar surface area (TPSA) is 47.6 Å². The van der Waals surface area contributed by atoms with Crippen molar-refractivity contribution in [3.8, 4) is 11.5 Å². The molecule has 4 heteroatoms. The fourth-order valence-electron chi connectivity index (χ4n) is 1.11. The molecule has 1 N–H and O–H groups in total. The molecular formula is C10H12NO3. The third-order valence-electron chi connectivity index (χ3n) is 1.69. The number of carbonyl (C=O) groups excluding carboxylic acids is 1. The predicted octanol–water partition coefficient (Wildman–Crippen LogP) is 1.48. The summed E-state index contributed by atoms with van der Waals surface area (Å²) in [7, 11) is 3.04. The van der Waals surface area contributed by atoms with E-state index in [1.807, 2.05) is 0 Å². The number of hydrogen-bond donors (Lipinski definition) is 1. The zero-order chi connectivity index (χ0) is 10.6. The van der Waals surface area contributed by atoms with E-state index in [0.29, 0.717) is 17.2 Å². The highest BCUT2D eigenvalue weighted by atomic mass is 16.5. The molecule has 1 aromatic rings. The summed E-state index contributed by atoms with van der Waals surface area (Å²) in [6.45, 7) is 3.22. The Kier molecular flexibility index (Phi) is 3.34. The van der Waals surface area contributed by atoms with Gasteiger partial charge in [-0.2, -0.15) is 0 Å². The largest absolute Gasteiger partial charge is 0.494 e. The molecule has 0 aromatic heterocycles. The van der Waals surface area contributed by atoms with Gasteiger partial charge in [0.25, 0.3) is 0 Å². The average molecular weight is 194 g/mol. The third-order valence-corrected chi connectivity index (χ3v) is 1.69. The Morgan fingerprint density at radius 2 is 1.79 bits per heavy atom. The molecule has 0 aliphatic heterocycles. The van der Waals surface area contributed by atoms with Crippen LogP contribution in [0.5, 0.6) is 11.5 Å². The molecule has 0 saturated heterocycles. The van der Waals surface area contributed by atoms with Crippen molar-refractivity contribution in [3.05, 3.63) is 25.1 Å². The van der Waals surface area contributed by atoms with Crippen molar-refractivity contribution < 1.29 is 14.3 Å². The number of anilines is 1. The SMILES string of the molecule is [CH2]C(=O)Nc1c(OC)cccc1OC. The lowest BCUT2D eigenvalue weighted by Crippen LogP contribution is -2.08.